The van der Waals surface area contributed by atoms with Crippen LogP contribution in [-0.4, -0.2) is 40.9 Å². The summed E-state index contributed by atoms with van der Waals surface area (Å²) in [5.74, 6) is 1.76. The molecule has 2 aromatic carbocycles. The number of anilines is 1. The van der Waals surface area contributed by atoms with E-state index < -0.39 is 0 Å². The molecule has 2 heterocycles. The first-order chi connectivity index (χ1) is 15.6. The number of para-hydroxylation sites is 2. The van der Waals surface area contributed by atoms with Crippen LogP contribution in [0.15, 0.2) is 54.9 Å². The fourth-order valence-electron chi connectivity index (χ4n) is 4.39. The van der Waals surface area contributed by atoms with E-state index >= 15 is 0 Å². The molecule has 1 aliphatic carbocycles. The highest BCUT2D eigenvalue weighted by molar-refractivity contribution is 5.97. The first kappa shape index (κ1) is 20.5. The Morgan fingerprint density at radius 3 is 2.88 bits per heavy atom. The smallest absolute Gasteiger partial charge is 0.228 e. The monoisotopic (exact) mass is 429 g/mol. The summed E-state index contributed by atoms with van der Waals surface area (Å²) in [6.45, 7) is 3.71. The number of ether oxygens (including phenoxy) is 1. The number of nitrogens with one attached hydrogen (secondary N) is 2. The van der Waals surface area contributed by atoms with E-state index in [9.17, 15) is 4.79 Å². The van der Waals surface area contributed by atoms with Crippen LogP contribution in [0.5, 0.6) is 5.75 Å². The number of carbonyl (C=O) groups excluding carboxylic acids is 1. The van der Waals surface area contributed by atoms with E-state index in [1.54, 1.807) is 18.1 Å². The highest BCUT2D eigenvalue weighted by Crippen LogP contribution is 2.49. The van der Waals surface area contributed by atoms with Gasteiger partial charge in [-0.15, -0.1) is 0 Å². The molecule has 164 valence electrons. The molecule has 2 unspecified atom stereocenters. The molecule has 1 aromatic heterocycles. The largest absolute Gasteiger partial charge is 0.496 e. The van der Waals surface area contributed by atoms with Crippen molar-refractivity contribution in [2.75, 3.05) is 25.5 Å². The lowest BCUT2D eigenvalue weighted by Crippen LogP contribution is -2.20. The molecule has 2 aliphatic rings. The van der Waals surface area contributed by atoms with Crippen LogP contribution in [0, 0.1) is 12.8 Å². The second kappa shape index (κ2) is 8.59. The molecule has 1 fully saturated rings. The molecule has 2 N–H and O–H groups in total. The molecule has 0 bridgehead atoms. The van der Waals surface area contributed by atoms with Crippen LogP contribution >= 0.6 is 0 Å². The molecular formula is C25H27N5O2. The molecule has 7 heteroatoms. The lowest BCUT2D eigenvalue weighted by molar-refractivity contribution is -0.117. The van der Waals surface area contributed by atoms with Gasteiger partial charge in [-0.05, 0) is 61.6 Å². The Bertz CT molecular complexity index is 1180. The zero-order valence-corrected chi connectivity index (χ0v) is 18.3. The van der Waals surface area contributed by atoms with Crippen molar-refractivity contribution >= 4 is 17.2 Å². The summed E-state index contributed by atoms with van der Waals surface area (Å²) in [7, 11) is 1.71. The number of methoxy groups -OCH3 is 1. The van der Waals surface area contributed by atoms with E-state index in [0.29, 0.717) is 5.82 Å². The highest BCUT2D eigenvalue weighted by Gasteiger charge is 2.44. The standard InChI is InChI=1S/C25H27N5O2/c1-16-27-15-30(29-16)23-6-4-3-5-22(23)28-25(31)21-14-20(21)18-7-8-19(24(13-18)32-2)17-9-11-26-12-10-17/h3-9,13,15,20-21,26H,10-12,14H2,1-2H3,(H,28,31). The number of aryl methyl sites for hydroxylation is 1. The molecule has 0 saturated heterocycles. The second-order valence-corrected chi connectivity index (χ2v) is 8.33. The summed E-state index contributed by atoms with van der Waals surface area (Å²) in [4.78, 5) is 17.2. The van der Waals surface area contributed by atoms with Crippen molar-refractivity contribution in [3.05, 3.63) is 71.8 Å². The Labute approximate surface area is 187 Å². The minimum absolute atomic E-state index is 0.0309. The van der Waals surface area contributed by atoms with Crippen molar-refractivity contribution < 1.29 is 9.53 Å². The molecule has 1 saturated carbocycles. The summed E-state index contributed by atoms with van der Waals surface area (Å²) in [5, 5.41) is 10.8. The second-order valence-electron chi connectivity index (χ2n) is 8.33. The molecule has 1 aliphatic heterocycles. The van der Waals surface area contributed by atoms with Crippen molar-refractivity contribution in [2.45, 2.75) is 25.7 Å². The molecule has 1 amide bonds. The molecular weight excluding hydrogens is 402 g/mol. The summed E-state index contributed by atoms with van der Waals surface area (Å²) in [6.07, 6.45) is 5.72. The van der Waals surface area contributed by atoms with Crippen LogP contribution in [0.1, 0.15) is 35.7 Å². The minimum atomic E-state index is -0.0470. The third-order valence-electron chi connectivity index (χ3n) is 6.21. The van der Waals surface area contributed by atoms with Gasteiger partial charge in [0.15, 0.2) is 0 Å². The van der Waals surface area contributed by atoms with Gasteiger partial charge in [0, 0.05) is 18.0 Å². The third-order valence-corrected chi connectivity index (χ3v) is 6.21. The predicted molar refractivity (Wildman–Crippen MR) is 124 cm³/mol. The van der Waals surface area contributed by atoms with Crippen LogP contribution in [0.2, 0.25) is 0 Å². The average molecular weight is 430 g/mol. The average Bonchev–Trinajstić information content (AvgIpc) is 3.53. The fourth-order valence-corrected chi connectivity index (χ4v) is 4.39. The zero-order valence-electron chi connectivity index (χ0n) is 18.3. The van der Waals surface area contributed by atoms with Crippen molar-refractivity contribution in [1.82, 2.24) is 20.1 Å². The fraction of sp³-hybridized carbons (Fsp3) is 0.320. The van der Waals surface area contributed by atoms with Gasteiger partial charge in [-0.2, -0.15) is 5.10 Å². The molecule has 0 spiro atoms. The summed E-state index contributed by atoms with van der Waals surface area (Å²) in [5.41, 5.74) is 5.16. The van der Waals surface area contributed by atoms with Gasteiger partial charge in [0.05, 0.1) is 18.5 Å². The maximum absolute atomic E-state index is 13.0. The van der Waals surface area contributed by atoms with E-state index in [0.717, 1.165) is 54.2 Å². The SMILES string of the molecule is COc1cc(C2CC2C(=O)Nc2ccccc2-n2cnc(C)n2)ccc1C1=CCNCC1. The molecule has 2 atom stereocenters. The maximum Gasteiger partial charge on any atom is 0.228 e. The number of nitrogens with zero attached hydrogens (tertiary/aromatic N) is 3. The van der Waals surface area contributed by atoms with E-state index in [1.807, 2.05) is 31.2 Å². The van der Waals surface area contributed by atoms with Crippen molar-refractivity contribution in [2.24, 2.45) is 5.92 Å². The van der Waals surface area contributed by atoms with Crippen LogP contribution in [0.25, 0.3) is 11.3 Å². The van der Waals surface area contributed by atoms with E-state index in [1.165, 1.54) is 5.57 Å². The maximum atomic E-state index is 13.0. The van der Waals surface area contributed by atoms with Gasteiger partial charge in [0.1, 0.15) is 17.9 Å². The first-order valence-electron chi connectivity index (χ1n) is 11.0. The Hall–Kier alpha value is -3.45. The molecule has 7 nitrogen and oxygen atoms in total. The zero-order chi connectivity index (χ0) is 22.1. The number of carbonyl (C=O) groups is 1. The number of benzene rings is 2. The van der Waals surface area contributed by atoms with Gasteiger partial charge >= 0.3 is 0 Å². The summed E-state index contributed by atoms with van der Waals surface area (Å²) < 4.78 is 7.39. The van der Waals surface area contributed by atoms with Crippen molar-refractivity contribution in [3.63, 3.8) is 0 Å². The van der Waals surface area contributed by atoms with Crippen LogP contribution in [-0.2, 0) is 4.79 Å². The Morgan fingerprint density at radius 1 is 1.25 bits per heavy atom. The van der Waals surface area contributed by atoms with Crippen LogP contribution < -0.4 is 15.4 Å². The quantitative estimate of drug-likeness (QED) is 0.624. The topological polar surface area (TPSA) is 81.1 Å². The number of amides is 1. The van der Waals surface area contributed by atoms with Gasteiger partial charge in [-0.25, -0.2) is 9.67 Å². The Balaban J connectivity index is 1.31. The van der Waals surface area contributed by atoms with Gasteiger partial charge in [0.25, 0.3) is 0 Å². The summed E-state index contributed by atoms with van der Waals surface area (Å²) >= 11 is 0. The van der Waals surface area contributed by atoms with Crippen molar-refractivity contribution in [1.29, 1.82) is 0 Å². The lowest BCUT2D eigenvalue weighted by atomic mass is 9.96. The van der Waals surface area contributed by atoms with E-state index in [2.05, 4.69) is 45.0 Å². The van der Waals surface area contributed by atoms with E-state index in [4.69, 9.17) is 4.74 Å². The number of hydrogen-bond acceptors (Lipinski definition) is 5. The summed E-state index contributed by atoms with van der Waals surface area (Å²) in [6, 6.07) is 14.0. The number of hydrogen-bond donors (Lipinski definition) is 2. The molecule has 3 aromatic rings. The number of rotatable bonds is 6. The van der Waals surface area contributed by atoms with Crippen LogP contribution in [0.3, 0.4) is 0 Å². The normalized spacial score (nSPS) is 19.9. The Morgan fingerprint density at radius 2 is 2.12 bits per heavy atom. The van der Waals surface area contributed by atoms with Crippen molar-refractivity contribution in [3.8, 4) is 11.4 Å². The van der Waals surface area contributed by atoms with Gasteiger partial charge < -0.3 is 15.4 Å². The Kier molecular flexibility index (Phi) is 5.49. The predicted octanol–water partition coefficient (Wildman–Crippen LogP) is 3.70. The first-order valence-corrected chi connectivity index (χ1v) is 11.0. The van der Waals surface area contributed by atoms with Gasteiger partial charge in [-0.3, -0.25) is 4.79 Å². The minimum Gasteiger partial charge on any atom is -0.496 e. The number of aromatic nitrogens is 3. The van der Waals surface area contributed by atoms with Crippen LogP contribution in [0.4, 0.5) is 5.69 Å². The molecule has 0 radical (unpaired) electrons. The molecule has 32 heavy (non-hydrogen) atoms. The molecule has 5 rings (SSSR count). The van der Waals surface area contributed by atoms with Gasteiger partial charge in [0.2, 0.25) is 5.91 Å². The third kappa shape index (κ3) is 4.03. The highest BCUT2D eigenvalue weighted by atomic mass is 16.5. The lowest BCUT2D eigenvalue weighted by Gasteiger charge is -2.17. The van der Waals surface area contributed by atoms with Gasteiger partial charge in [-0.1, -0.05) is 30.3 Å². The van der Waals surface area contributed by atoms with E-state index in [-0.39, 0.29) is 17.7 Å².